The molecule has 0 spiro atoms. The first kappa shape index (κ1) is 18.6. The molecule has 3 rings (SSSR count). The molecule has 0 saturated heterocycles. The molecule has 10 heteroatoms. The largest absolute Gasteiger partial charge is 0.302 e. The van der Waals surface area contributed by atoms with E-state index in [1.165, 1.54) is 11.3 Å². The molecule has 0 saturated carbocycles. The summed E-state index contributed by atoms with van der Waals surface area (Å²) in [6, 6.07) is 7.99. The van der Waals surface area contributed by atoms with Crippen LogP contribution in [0.3, 0.4) is 0 Å². The lowest BCUT2D eigenvalue weighted by Crippen LogP contribution is -2.13. The van der Waals surface area contributed by atoms with Gasteiger partial charge in [0, 0.05) is 6.42 Å². The highest BCUT2D eigenvalue weighted by atomic mass is 35.5. The Bertz CT molecular complexity index is 1100. The molecular formula is C16H13ClFN3O3S2. The second kappa shape index (κ2) is 7.18. The minimum absolute atomic E-state index is 0.154. The predicted molar refractivity (Wildman–Crippen MR) is 101 cm³/mol. The van der Waals surface area contributed by atoms with E-state index in [4.69, 9.17) is 11.6 Å². The maximum Gasteiger partial charge on any atom is 0.261 e. The van der Waals surface area contributed by atoms with Gasteiger partial charge in [0.05, 0.1) is 25.8 Å². The van der Waals surface area contributed by atoms with Crippen molar-refractivity contribution in [3.05, 3.63) is 47.2 Å². The Hall–Kier alpha value is -2.23. The van der Waals surface area contributed by atoms with Gasteiger partial charge in [-0.3, -0.25) is 9.52 Å². The first-order valence-electron chi connectivity index (χ1n) is 7.47. The average molecular weight is 414 g/mol. The molecule has 0 aliphatic carbocycles. The van der Waals surface area contributed by atoms with E-state index in [-0.39, 0.29) is 21.5 Å². The highest BCUT2D eigenvalue weighted by Crippen LogP contribution is 2.29. The number of hydrogen-bond acceptors (Lipinski definition) is 5. The molecule has 0 unspecified atom stereocenters. The molecule has 6 nitrogen and oxygen atoms in total. The third-order valence-electron chi connectivity index (χ3n) is 3.41. The molecular weight excluding hydrogens is 401 g/mol. The lowest BCUT2D eigenvalue weighted by Gasteiger charge is -2.08. The molecule has 3 aromatic rings. The van der Waals surface area contributed by atoms with Crippen LogP contribution in [-0.4, -0.2) is 19.3 Å². The summed E-state index contributed by atoms with van der Waals surface area (Å²) in [5, 5.41) is 2.83. The van der Waals surface area contributed by atoms with Crippen molar-refractivity contribution < 1.29 is 17.6 Å². The van der Waals surface area contributed by atoms with Gasteiger partial charge in [0.25, 0.3) is 10.0 Å². The third-order valence-corrected chi connectivity index (χ3v) is 6.03. The highest BCUT2D eigenvalue weighted by Gasteiger charge is 2.17. The molecule has 1 amide bonds. The zero-order valence-corrected chi connectivity index (χ0v) is 15.8. The fourth-order valence-corrected chi connectivity index (χ4v) is 4.29. The number of nitrogens with one attached hydrogen (secondary N) is 2. The maximum absolute atomic E-state index is 13.2. The molecule has 0 aliphatic heterocycles. The zero-order valence-electron chi connectivity index (χ0n) is 13.4. The van der Waals surface area contributed by atoms with Crippen molar-refractivity contribution in [2.75, 3.05) is 10.0 Å². The molecule has 0 radical (unpaired) electrons. The number of rotatable bonds is 5. The molecule has 26 heavy (non-hydrogen) atoms. The molecule has 136 valence electrons. The summed E-state index contributed by atoms with van der Waals surface area (Å²) in [4.78, 5) is 15.6. The van der Waals surface area contributed by atoms with Gasteiger partial charge in [-0.05, 0) is 36.4 Å². The van der Waals surface area contributed by atoms with Gasteiger partial charge in [-0.2, -0.15) is 0 Å². The van der Waals surface area contributed by atoms with Gasteiger partial charge in [-0.25, -0.2) is 17.8 Å². The van der Waals surface area contributed by atoms with E-state index in [0.29, 0.717) is 17.1 Å². The Labute approximate surface area is 158 Å². The van der Waals surface area contributed by atoms with Crippen molar-refractivity contribution in [1.82, 2.24) is 4.98 Å². The minimum atomic E-state index is -3.93. The van der Waals surface area contributed by atoms with Gasteiger partial charge in [0.15, 0.2) is 5.13 Å². The first-order chi connectivity index (χ1) is 12.3. The van der Waals surface area contributed by atoms with Gasteiger partial charge >= 0.3 is 0 Å². The Morgan fingerprint density at radius 1 is 1.27 bits per heavy atom. The van der Waals surface area contributed by atoms with Gasteiger partial charge in [0.2, 0.25) is 5.91 Å². The molecule has 1 heterocycles. The normalized spacial score (nSPS) is 11.5. The minimum Gasteiger partial charge on any atom is -0.302 e. The lowest BCUT2D eigenvalue weighted by molar-refractivity contribution is -0.115. The van der Waals surface area contributed by atoms with Crippen LogP contribution >= 0.6 is 22.9 Å². The van der Waals surface area contributed by atoms with Crippen molar-refractivity contribution in [3.8, 4) is 0 Å². The number of carbonyl (C=O) groups excluding carboxylic acids is 1. The summed E-state index contributed by atoms with van der Waals surface area (Å²) >= 11 is 6.94. The van der Waals surface area contributed by atoms with E-state index in [2.05, 4.69) is 15.0 Å². The van der Waals surface area contributed by atoms with Crippen molar-refractivity contribution in [1.29, 1.82) is 0 Å². The molecule has 0 aliphatic rings. The smallest absolute Gasteiger partial charge is 0.261 e. The summed E-state index contributed by atoms with van der Waals surface area (Å²) in [5.41, 5.74) is 0.829. The Kier molecular flexibility index (Phi) is 5.12. The van der Waals surface area contributed by atoms with E-state index in [0.717, 1.165) is 22.9 Å². The number of aromatic nitrogens is 1. The van der Waals surface area contributed by atoms with Crippen LogP contribution in [0.4, 0.5) is 15.2 Å². The summed E-state index contributed by atoms with van der Waals surface area (Å²) < 4.78 is 41.3. The summed E-state index contributed by atoms with van der Waals surface area (Å²) in [7, 11) is -3.93. The Morgan fingerprint density at radius 2 is 2.04 bits per heavy atom. The number of fused-ring (bicyclic) bond motifs is 1. The Balaban J connectivity index is 1.88. The fourth-order valence-electron chi connectivity index (χ4n) is 2.11. The lowest BCUT2D eigenvalue weighted by atomic mass is 10.3. The predicted octanol–water partition coefficient (Wildman–Crippen LogP) is 4.24. The number of amides is 1. The van der Waals surface area contributed by atoms with E-state index in [1.54, 1.807) is 25.1 Å². The molecule has 2 N–H and O–H groups in total. The summed E-state index contributed by atoms with van der Waals surface area (Å²) in [5.74, 6) is -0.852. The topological polar surface area (TPSA) is 88.2 Å². The molecule has 2 aromatic carbocycles. The Morgan fingerprint density at radius 3 is 2.73 bits per heavy atom. The van der Waals surface area contributed by atoms with Crippen LogP contribution < -0.4 is 10.0 Å². The zero-order chi connectivity index (χ0) is 18.9. The van der Waals surface area contributed by atoms with Crippen LogP contribution in [0.5, 0.6) is 0 Å². The average Bonchev–Trinajstić information content (AvgIpc) is 2.98. The van der Waals surface area contributed by atoms with E-state index in [9.17, 15) is 17.6 Å². The van der Waals surface area contributed by atoms with Crippen LogP contribution in [0, 0.1) is 5.82 Å². The number of nitrogens with zero attached hydrogens (tertiary/aromatic N) is 1. The quantitative estimate of drug-likeness (QED) is 0.654. The summed E-state index contributed by atoms with van der Waals surface area (Å²) in [6.45, 7) is 1.73. The maximum atomic E-state index is 13.2. The van der Waals surface area contributed by atoms with Crippen LogP contribution in [0.15, 0.2) is 41.3 Å². The van der Waals surface area contributed by atoms with Crippen LogP contribution in [-0.2, 0) is 14.8 Å². The molecule has 1 aromatic heterocycles. The summed E-state index contributed by atoms with van der Waals surface area (Å²) in [6.07, 6.45) is 0.335. The standard InChI is InChI=1S/C16H13ClFN3O3S2/c1-2-15(22)20-16-19-13-7-9(3-6-14(13)25-16)21-26(23,24)10-4-5-12(18)11(17)8-10/h3-8,21H,2H2,1H3,(H,19,20,22). The van der Waals surface area contributed by atoms with Gasteiger partial charge in [0.1, 0.15) is 5.82 Å². The number of hydrogen-bond donors (Lipinski definition) is 2. The van der Waals surface area contributed by atoms with Crippen molar-refractivity contribution in [3.63, 3.8) is 0 Å². The van der Waals surface area contributed by atoms with Crippen molar-refractivity contribution in [2.24, 2.45) is 0 Å². The third kappa shape index (κ3) is 3.95. The van der Waals surface area contributed by atoms with Gasteiger partial charge in [-0.1, -0.05) is 29.9 Å². The van der Waals surface area contributed by atoms with Crippen LogP contribution in [0.25, 0.3) is 10.2 Å². The highest BCUT2D eigenvalue weighted by molar-refractivity contribution is 7.92. The van der Waals surface area contributed by atoms with E-state index >= 15 is 0 Å². The molecule has 0 fully saturated rings. The van der Waals surface area contributed by atoms with Crippen molar-refractivity contribution >= 4 is 59.9 Å². The number of sulfonamides is 1. The van der Waals surface area contributed by atoms with E-state index in [1.807, 2.05) is 0 Å². The second-order valence-electron chi connectivity index (χ2n) is 5.28. The number of benzene rings is 2. The first-order valence-corrected chi connectivity index (χ1v) is 10.1. The number of anilines is 2. The second-order valence-corrected chi connectivity index (χ2v) is 8.40. The van der Waals surface area contributed by atoms with Crippen molar-refractivity contribution in [2.45, 2.75) is 18.2 Å². The number of carbonyl (C=O) groups is 1. The van der Waals surface area contributed by atoms with Crippen LogP contribution in [0.1, 0.15) is 13.3 Å². The molecule has 0 bridgehead atoms. The van der Waals surface area contributed by atoms with Crippen LogP contribution in [0.2, 0.25) is 5.02 Å². The number of thiazole rings is 1. The monoisotopic (exact) mass is 413 g/mol. The fraction of sp³-hybridized carbons (Fsp3) is 0.125. The van der Waals surface area contributed by atoms with Gasteiger partial charge < -0.3 is 5.32 Å². The van der Waals surface area contributed by atoms with Gasteiger partial charge in [-0.15, -0.1) is 0 Å². The SMILES string of the molecule is CCC(=O)Nc1nc2cc(NS(=O)(=O)c3ccc(F)c(Cl)c3)ccc2s1. The molecule has 0 atom stereocenters. The van der Waals surface area contributed by atoms with E-state index < -0.39 is 15.8 Å². The number of halogens is 2.